The van der Waals surface area contributed by atoms with E-state index in [1.54, 1.807) is 0 Å². The molecule has 1 unspecified atom stereocenters. The van der Waals surface area contributed by atoms with Crippen molar-refractivity contribution in [1.29, 1.82) is 0 Å². The summed E-state index contributed by atoms with van der Waals surface area (Å²) < 4.78 is 0. The van der Waals surface area contributed by atoms with Crippen molar-refractivity contribution < 1.29 is 4.79 Å². The Balaban J connectivity index is 2.40. The number of hydrogen-bond acceptors (Lipinski definition) is 1. The number of carbonyl (C=O) groups is 1. The van der Waals surface area contributed by atoms with Crippen LogP contribution in [0.3, 0.4) is 0 Å². The van der Waals surface area contributed by atoms with Gasteiger partial charge in [-0.15, -0.1) is 0 Å². The summed E-state index contributed by atoms with van der Waals surface area (Å²) in [5.41, 5.74) is -0.126. The third kappa shape index (κ3) is 2.49. The summed E-state index contributed by atoms with van der Waals surface area (Å²) >= 11 is 0. The molecule has 0 saturated carbocycles. The lowest BCUT2D eigenvalue weighted by atomic mass is 9.84. The van der Waals surface area contributed by atoms with Gasteiger partial charge in [-0.05, 0) is 25.2 Å². The molecule has 1 heteroatoms. The standard InChI is InChI=1S/C10H16O/c1-10(2,8-11)7-9-5-3-4-6-9/h3,5,8-9H,4,6-7H2,1-2H3. The minimum Gasteiger partial charge on any atom is -0.303 e. The highest BCUT2D eigenvalue weighted by Gasteiger charge is 2.22. The van der Waals surface area contributed by atoms with E-state index in [2.05, 4.69) is 12.2 Å². The molecule has 1 rings (SSSR count). The number of rotatable bonds is 3. The minimum absolute atomic E-state index is 0.126. The summed E-state index contributed by atoms with van der Waals surface area (Å²) in [6, 6.07) is 0. The fourth-order valence-electron chi connectivity index (χ4n) is 1.59. The fourth-order valence-corrected chi connectivity index (χ4v) is 1.59. The summed E-state index contributed by atoms with van der Waals surface area (Å²) in [5, 5.41) is 0. The summed E-state index contributed by atoms with van der Waals surface area (Å²) in [6.45, 7) is 4.01. The van der Waals surface area contributed by atoms with Gasteiger partial charge in [0.1, 0.15) is 6.29 Å². The van der Waals surface area contributed by atoms with E-state index in [1.807, 2.05) is 13.8 Å². The monoisotopic (exact) mass is 152 g/mol. The number of allylic oxidation sites excluding steroid dienone is 2. The highest BCUT2D eigenvalue weighted by Crippen LogP contribution is 2.29. The van der Waals surface area contributed by atoms with Gasteiger partial charge in [-0.2, -0.15) is 0 Å². The molecular weight excluding hydrogens is 136 g/mol. The van der Waals surface area contributed by atoms with E-state index < -0.39 is 0 Å². The molecule has 0 fully saturated rings. The molecule has 62 valence electrons. The average Bonchev–Trinajstić information content (AvgIpc) is 2.39. The van der Waals surface area contributed by atoms with Crippen LogP contribution >= 0.6 is 0 Å². The zero-order chi connectivity index (χ0) is 8.32. The molecule has 0 amide bonds. The minimum atomic E-state index is -0.126. The van der Waals surface area contributed by atoms with Gasteiger partial charge in [0, 0.05) is 5.41 Å². The van der Waals surface area contributed by atoms with Gasteiger partial charge in [0.2, 0.25) is 0 Å². The van der Waals surface area contributed by atoms with Crippen LogP contribution in [0.5, 0.6) is 0 Å². The highest BCUT2D eigenvalue weighted by atomic mass is 16.1. The molecule has 0 spiro atoms. The molecule has 0 aromatic carbocycles. The maximum absolute atomic E-state index is 10.6. The van der Waals surface area contributed by atoms with Crippen molar-refractivity contribution in [2.24, 2.45) is 11.3 Å². The smallest absolute Gasteiger partial charge is 0.125 e. The Bertz CT molecular complexity index is 168. The van der Waals surface area contributed by atoms with Crippen molar-refractivity contribution >= 4 is 6.29 Å². The van der Waals surface area contributed by atoms with Gasteiger partial charge in [0.15, 0.2) is 0 Å². The second kappa shape index (κ2) is 3.21. The first-order chi connectivity index (χ1) is 5.14. The van der Waals surface area contributed by atoms with Crippen molar-refractivity contribution in [1.82, 2.24) is 0 Å². The van der Waals surface area contributed by atoms with Gasteiger partial charge in [-0.3, -0.25) is 0 Å². The van der Waals surface area contributed by atoms with Gasteiger partial charge in [0.05, 0.1) is 0 Å². The maximum Gasteiger partial charge on any atom is 0.125 e. The first kappa shape index (κ1) is 8.51. The van der Waals surface area contributed by atoms with Crippen molar-refractivity contribution in [2.45, 2.75) is 33.1 Å². The molecule has 1 atom stereocenters. The lowest BCUT2D eigenvalue weighted by molar-refractivity contribution is -0.115. The van der Waals surface area contributed by atoms with Crippen molar-refractivity contribution in [2.75, 3.05) is 0 Å². The molecule has 1 nitrogen and oxygen atoms in total. The molecule has 0 radical (unpaired) electrons. The van der Waals surface area contributed by atoms with Crippen LogP contribution in [-0.2, 0) is 4.79 Å². The predicted octanol–water partition coefficient (Wildman–Crippen LogP) is 2.57. The zero-order valence-corrected chi connectivity index (χ0v) is 7.34. The highest BCUT2D eigenvalue weighted by molar-refractivity contribution is 5.57. The van der Waals surface area contributed by atoms with Crippen molar-refractivity contribution in [3.8, 4) is 0 Å². The molecule has 0 heterocycles. The van der Waals surface area contributed by atoms with E-state index in [0.717, 1.165) is 12.7 Å². The van der Waals surface area contributed by atoms with Gasteiger partial charge >= 0.3 is 0 Å². The Morgan fingerprint density at radius 2 is 2.36 bits per heavy atom. The average molecular weight is 152 g/mol. The summed E-state index contributed by atoms with van der Waals surface area (Å²) in [6.07, 6.45) is 8.96. The molecule has 0 N–H and O–H groups in total. The molecule has 0 aromatic heterocycles. The predicted molar refractivity (Wildman–Crippen MR) is 46.3 cm³/mol. The SMILES string of the molecule is CC(C)(C=O)CC1C=CCC1. The number of carbonyl (C=O) groups excluding carboxylic acids is 1. The fraction of sp³-hybridized carbons (Fsp3) is 0.700. The largest absolute Gasteiger partial charge is 0.303 e. The van der Waals surface area contributed by atoms with Gasteiger partial charge < -0.3 is 4.79 Å². The lowest BCUT2D eigenvalue weighted by Gasteiger charge is -2.19. The Morgan fingerprint density at radius 1 is 1.64 bits per heavy atom. The van der Waals surface area contributed by atoms with Crippen LogP contribution in [0.4, 0.5) is 0 Å². The van der Waals surface area contributed by atoms with E-state index in [-0.39, 0.29) is 5.41 Å². The van der Waals surface area contributed by atoms with Gasteiger partial charge in [-0.25, -0.2) is 0 Å². The van der Waals surface area contributed by atoms with Crippen LogP contribution in [0.25, 0.3) is 0 Å². The second-order valence-corrected chi connectivity index (χ2v) is 4.08. The molecule has 11 heavy (non-hydrogen) atoms. The summed E-state index contributed by atoms with van der Waals surface area (Å²) in [7, 11) is 0. The zero-order valence-electron chi connectivity index (χ0n) is 7.34. The van der Waals surface area contributed by atoms with Crippen molar-refractivity contribution in [3.63, 3.8) is 0 Å². The van der Waals surface area contributed by atoms with Gasteiger partial charge in [-0.1, -0.05) is 26.0 Å². The Kier molecular flexibility index (Phi) is 2.48. The first-order valence-corrected chi connectivity index (χ1v) is 4.27. The Hall–Kier alpha value is -0.590. The lowest BCUT2D eigenvalue weighted by Crippen LogP contribution is -2.16. The van der Waals surface area contributed by atoms with Crippen molar-refractivity contribution in [3.05, 3.63) is 12.2 Å². The quantitative estimate of drug-likeness (QED) is 0.448. The summed E-state index contributed by atoms with van der Waals surface area (Å²) in [4.78, 5) is 10.6. The van der Waals surface area contributed by atoms with Crippen LogP contribution in [0.1, 0.15) is 33.1 Å². The molecule has 1 aliphatic carbocycles. The molecule has 0 bridgehead atoms. The van der Waals surface area contributed by atoms with Crippen LogP contribution < -0.4 is 0 Å². The number of hydrogen-bond donors (Lipinski definition) is 0. The van der Waals surface area contributed by atoms with Gasteiger partial charge in [0.25, 0.3) is 0 Å². The third-order valence-corrected chi connectivity index (χ3v) is 2.22. The van der Waals surface area contributed by atoms with E-state index in [1.165, 1.54) is 12.8 Å². The molecular formula is C10H16O. The normalized spacial score (nSPS) is 24.0. The molecule has 1 aliphatic rings. The van der Waals surface area contributed by atoms with E-state index in [9.17, 15) is 4.79 Å². The maximum atomic E-state index is 10.6. The van der Waals surface area contributed by atoms with Crippen LogP contribution in [-0.4, -0.2) is 6.29 Å². The molecule has 0 saturated heterocycles. The van der Waals surface area contributed by atoms with Crippen LogP contribution in [0.2, 0.25) is 0 Å². The van der Waals surface area contributed by atoms with E-state index in [4.69, 9.17) is 0 Å². The Labute approximate surface area is 68.5 Å². The first-order valence-electron chi connectivity index (χ1n) is 4.27. The molecule has 0 aromatic rings. The molecule has 0 aliphatic heterocycles. The van der Waals surface area contributed by atoms with E-state index >= 15 is 0 Å². The topological polar surface area (TPSA) is 17.1 Å². The second-order valence-electron chi connectivity index (χ2n) is 4.08. The van der Waals surface area contributed by atoms with Crippen LogP contribution in [0, 0.1) is 11.3 Å². The number of aldehydes is 1. The Morgan fingerprint density at radius 3 is 2.82 bits per heavy atom. The van der Waals surface area contributed by atoms with Crippen LogP contribution in [0.15, 0.2) is 12.2 Å². The van der Waals surface area contributed by atoms with E-state index in [0.29, 0.717) is 5.92 Å². The third-order valence-electron chi connectivity index (χ3n) is 2.22. The summed E-state index contributed by atoms with van der Waals surface area (Å²) in [5.74, 6) is 0.648.